The molecule has 0 fully saturated rings. The zero-order valence-corrected chi connectivity index (χ0v) is 8.39. The van der Waals surface area contributed by atoms with E-state index in [1.807, 2.05) is 30.3 Å². The first-order chi connectivity index (χ1) is 7.22. The molecule has 0 aliphatic heterocycles. The number of hydrogen-bond acceptors (Lipinski definition) is 3. The summed E-state index contributed by atoms with van der Waals surface area (Å²) in [6, 6.07) is 9.50. The van der Waals surface area contributed by atoms with E-state index in [0.29, 0.717) is 6.54 Å². The molecule has 0 radical (unpaired) electrons. The Balaban J connectivity index is 2.29. The molecule has 0 heterocycles. The van der Waals surface area contributed by atoms with Gasteiger partial charge in [0.15, 0.2) is 0 Å². The van der Waals surface area contributed by atoms with Crippen LogP contribution < -0.4 is 5.32 Å². The van der Waals surface area contributed by atoms with Gasteiger partial charge in [0.1, 0.15) is 0 Å². The predicted octanol–water partition coefficient (Wildman–Crippen LogP) is 0.0461. The van der Waals surface area contributed by atoms with Gasteiger partial charge in [-0.2, -0.15) is 0 Å². The van der Waals surface area contributed by atoms with Gasteiger partial charge < -0.3 is 15.5 Å². The summed E-state index contributed by atoms with van der Waals surface area (Å²) in [5.41, 5.74) is 1.00. The topological polar surface area (TPSA) is 69.6 Å². The number of hydrogen-bond donors (Lipinski definition) is 3. The summed E-state index contributed by atoms with van der Waals surface area (Å²) in [6.07, 6.45) is -1.04. The highest BCUT2D eigenvalue weighted by molar-refractivity contribution is 5.76. The Labute approximate surface area is 88.6 Å². The Morgan fingerprint density at radius 2 is 2.00 bits per heavy atom. The minimum absolute atomic E-state index is 0.0661. The number of aliphatic hydroxyl groups is 2. The van der Waals surface area contributed by atoms with Crippen LogP contribution in [0.25, 0.3) is 0 Å². The molecule has 1 amide bonds. The van der Waals surface area contributed by atoms with Crippen LogP contribution in [-0.2, 0) is 11.3 Å². The van der Waals surface area contributed by atoms with Crippen LogP contribution in [0.1, 0.15) is 12.0 Å². The number of carbonyl (C=O) groups excluding carboxylic acids is 1. The minimum Gasteiger partial charge on any atom is -0.394 e. The zero-order valence-electron chi connectivity index (χ0n) is 8.39. The maximum absolute atomic E-state index is 11.2. The molecule has 82 valence electrons. The first-order valence-corrected chi connectivity index (χ1v) is 4.82. The van der Waals surface area contributed by atoms with Gasteiger partial charge in [0.2, 0.25) is 5.91 Å². The highest BCUT2D eigenvalue weighted by Crippen LogP contribution is 1.98. The van der Waals surface area contributed by atoms with Gasteiger partial charge in [-0.1, -0.05) is 30.3 Å². The lowest BCUT2D eigenvalue weighted by Gasteiger charge is -2.08. The van der Waals surface area contributed by atoms with Crippen molar-refractivity contribution in [3.63, 3.8) is 0 Å². The smallest absolute Gasteiger partial charge is 0.222 e. The van der Waals surface area contributed by atoms with Gasteiger partial charge in [0.25, 0.3) is 0 Å². The predicted molar refractivity (Wildman–Crippen MR) is 56.0 cm³/mol. The van der Waals surface area contributed by atoms with Crippen LogP contribution in [-0.4, -0.2) is 28.8 Å². The molecule has 1 atom stereocenters. The minimum atomic E-state index is -0.972. The Kier molecular flexibility index (Phi) is 4.80. The van der Waals surface area contributed by atoms with Crippen LogP contribution in [0.5, 0.6) is 0 Å². The summed E-state index contributed by atoms with van der Waals surface area (Å²) in [5.74, 6) is -0.264. The van der Waals surface area contributed by atoms with Crippen molar-refractivity contribution in [2.45, 2.75) is 19.1 Å². The molecule has 0 saturated heterocycles. The summed E-state index contributed by atoms with van der Waals surface area (Å²) < 4.78 is 0. The number of aliphatic hydroxyl groups excluding tert-OH is 2. The van der Waals surface area contributed by atoms with Crippen molar-refractivity contribution in [3.05, 3.63) is 35.9 Å². The molecule has 0 bridgehead atoms. The second-order valence-corrected chi connectivity index (χ2v) is 3.30. The normalized spacial score (nSPS) is 12.1. The van der Waals surface area contributed by atoms with Crippen LogP contribution >= 0.6 is 0 Å². The van der Waals surface area contributed by atoms with Gasteiger partial charge in [-0.05, 0) is 5.56 Å². The number of nitrogens with one attached hydrogen (secondary N) is 1. The molecule has 15 heavy (non-hydrogen) atoms. The highest BCUT2D eigenvalue weighted by Gasteiger charge is 2.08. The zero-order chi connectivity index (χ0) is 11.1. The SMILES string of the molecule is O=C(C[C@H](O)CO)NCc1ccccc1. The van der Waals surface area contributed by atoms with E-state index >= 15 is 0 Å². The molecule has 0 saturated carbocycles. The fraction of sp³-hybridized carbons (Fsp3) is 0.364. The lowest BCUT2D eigenvalue weighted by molar-refractivity contribution is -0.123. The van der Waals surface area contributed by atoms with Gasteiger partial charge >= 0.3 is 0 Å². The summed E-state index contributed by atoms with van der Waals surface area (Å²) in [7, 11) is 0. The van der Waals surface area contributed by atoms with E-state index in [-0.39, 0.29) is 12.3 Å². The number of rotatable bonds is 5. The van der Waals surface area contributed by atoms with Crippen molar-refractivity contribution < 1.29 is 15.0 Å². The molecule has 4 nitrogen and oxygen atoms in total. The van der Waals surface area contributed by atoms with Crippen LogP contribution in [0.4, 0.5) is 0 Å². The molecule has 0 spiro atoms. The summed E-state index contributed by atoms with van der Waals surface area (Å²) in [4.78, 5) is 11.2. The maximum Gasteiger partial charge on any atom is 0.222 e. The van der Waals surface area contributed by atoms with Crippen molar-refractivity contribution in [1.82, 2.24) is 5.32 Å². The van der Waals surface area contributed by atoms with Gasteiger partial charge in [-0.15, -0.1) is 0 Å². The average molecular weight is 209 g/mol. The molecule has 0 aliphatic rings. The Morgan fingerprint density at radius 3 is 2.60 bits per heavy atom. The Morgan fingerprint density at radius 1 is 1.33 bits per heavy atom. The van der Waals surface area contributed by atoms with Crippen molar-refractivity contribution in [1.29, 1.82) is 0 Å². The van der Waals surface area contributed by atoms with E-state index in [4.69, 9.17) is 10.2 Å². The van der Waals surface area contributed by atoms with Crippen LogP contribution in [0.15, 0.2) is 30.3 Å². The quantitative estimate of drug-likeness (QED) is 0.641. The average Bonchev–Trinajstić information content (AvgIpc) is 2.27. The summed E-state index contributed by atoms with van der Waals surface area (Å²) in [6.45, 7) is 0.0522. The first-order valence-electron chi connectivity index (χ1n) is 4.82. The van der Waals surface area contributed by atoms with Crippen LogP contribution in [0.3, 0.4) is 0 Å². The second-order valence-electron chi connectivity index (χ2n) is 3.30. The van der Waals surface area contributed by atoms with Crippen molar-refractivity contribution in [3.8, 4) is 0 Å². The van der Waals surface area contributed by atoms with E-state index in [2.05, 4.69) is 5.32 Å². The lowest BCUT2D eigenvalue weighted by atomic mass is 10.2. The molecule has 4 heteroatoms. The number of benzene rings is 1. The number of carbonyl (C=O) groups is 1. The highest BCUT2D eigenvalue weighted by atomic mass is 16.3. The van der Waals surface area contributed by atoms with Crippen LogP contribution in [0, 0.1) is 0 Å². The first kappa shape index (κ1) is 11.7. The molecule has 1 aromatic carbocycles. The van der Waals surface area contributed by atoms with E-state index in [9.17, 15) is 4.79 Å². The van der Waals surface area contributed by atoms with Gasteiger partial charge in [-0.25, -0.2) is 0 Å². The van der Waals surface area contributed by atoms with E-state index in [1.54, 1.807) is 0 Å². The fourth-order valence-electron chi connectivity index (χ4n) is 1.15. The van der Waals surface area contributed by atoms with E-state index in [1.165, 1.54) is 0 Å². The summed E-state index contributed by atoms with van der Waals surface area (Å²) >= 11 is 0. The Bertz CT molecular complexity index is 300. The Hall–Kier alpha value is -1.39. The molecule has 0 aromatic heterocycles. The summed E-state index contributed by atoms with van der Waals surface area (Å²) in [5, 5.41) is 20.2. The molecular formula is C11H15NO3. The van der Waals surface area contributed by atoms with Crippen LogP contribution in [0.2, 0.25) is 0 Å². The van der Waals surface area contributed by atoms with Crippen molar-refractivity contribution in [2.24, 2.45) is 0 Å². The molecular weight excluding hydrogens is 194 g/mol. The molecule has 1 rings (SSSR count). The fourth-order valence-corrected chi connectivity index (χ4v) is 1.15. The maximum atomic E-state index is 11.2. The molecule has 0 aliphatic carbocycles. The second kappa shape index (κ2) is 6.16. The van der Waals surface area contributed by atoms with Crippen molar-refractivity contribution in [2.75, 3.05) is 6.61 Å². The third-order valence-corrected chi connectivity index (χ3v) is 1.96. The molecule has 3 N–H and O–H groups in total. The van der Waals surface area contributed by atoms with Gasteiger partial charge in [-0.3, -0.25) is 4.79 Å². The van der Waals surface area contributed by atoms with Gasteiger partial charge in [0, 0.05) is 6.54 Å². The largest absolute Gasteiger partial charge is 0.394 e. The lowest BCUT2D eigenvalue weighted by Crippen LogP contribution is -2.28. The monoisotopic (exact) mass is 209 g/mol. The third kappa shape index (κ3) is 4.58. The standard InChI is InChI=1S/C11H15NO3/c13-8-10(14)6-11(15)12-7-9-4-2-1-3-5-9/h1-5,10,13-14H,6-8H2,(H,12,15)/t10-/m0/s1. The van der Waals surface area contributed by atoms with E-state index < -0.39 is 12.7 Å². The van der Waals surface area contributed by atoms with E-state index in [0.717, 1.165) is 5.56 Å². The molecule has 0 unspecified atom stereocenters. The van der Waals surface area contributed by atoms with Crippen molar-refractivity contribution >= 4 is 5.91 Å². The number of amides is 1. The van der Waals surface area contributed by atoms with Gasteiger partial charge in [0.05, 0.1) is 19.1 Å². The molecule has 1 aromatic rings. The third-order valence-electron chi connectivity index (χ3n) is 1.96.